The van der Waals surface area contributed by atoms with Crippen molar-refractivity contribution in [2.24, 2.45) is 5.92 Å². The lowest BCUT2D eigenvalue weighted by molar-refractivity contribution is -0.385. The molecular weight excluding hydrogens is 322 g/mol. The summed E-state index contributed by atoms with van der Waals surface area (Å²) < 4.78 is 0. The zero-order valence-electron chi connectivity index (χ0n) is 14.2. The maximum Gasteiger partial charge on any atom is 0.272 e. The summed E-state index contributed by atoms with van der Waals surface area (Å²) in [6, 6.07) is 11.0. The molecule has 2 aromatic rings. The van der Waals surface area contributed by atoms with Crippen LogP contribution in [0, 0.1) is 23.0 Å². The number of rotatable bonds is 5. The van der Waals surface area contributed by atoms with Crippen LogP contribution in [-0.4, -0.2) is 16.7 Å². The molecule has 0 bridgehead atoms. The number of benzene rings is 2. The quantitative estimate of drug-likeness (QED) is 0.638. The molecule has 0 atom stereocenters. The molecule has 2 amide bonds. The van der Waals surface area contributed by atoms with Crippen molar-refractivity contribution in [1.82, 2.24) is 0 Å². The van der Waals surface area contributed by atoms with Gasteiger partial charge >= 0.3 is 0 Å². The number of carbonyl (C=O) groups is 2. The highest BCUT2D eigenvalue weighted by Gasteiger charge is 2.14. The Morgan fingerprint density at radius 1 is 1.04 bits per heavy atom. The zero-order chi connectivity index (χ0) is 18.6. The molecule has 2 N–H and O–H groups in total. The van der Waals surface area contributed by atoms with Gasteiger partial charge in [0.2, 0.25) is 5.91 Å². The van der Waals surface area contributed by atoms with Crippen LogP contribution in [-0.2, 0) is 4.79 Å². The van der Waals surface area contributed by atoms with E-state index in [4.69, 9.17) is 0 Å². The molecule has 0 heterocycles. The molecule has 7 nitrogen and oxygen atoms in total. The third kappa shape index (κ3) is 4.63. The molecule has 0 unspecified atom stereocenters. The van der Waals surface area contributed by atoms with Crippen LogP contribution in [0.15, 0.2) is 42.5 Å². The van der Waals surface area contributed by atoms with Gasteiger partial charge in [0.1, 0.15) is 0 Å². The van der Waals surface area contributed by atoms with Crippen LogP contribution in [0.3, 0.4) is 0 Å². The number of nitrogens with zero attached hydrogens (tertiary/aromatic N) is 1. The van der Waals surface area contributed by atoms with Crippen molar-refractivity contribution in [3.63, 3.8) is 0 Å². The van der Waals surface area contributed by atoms with Crippen LogP contribution in [0.1, 0.15) is 29.8 Å². The Bertz CT molecular complexity index is 831. The van der Waals surface area contributed by atoms with E-state index in [1.54, 1.807) is 45.0 Å². The summed E-state index contributed by atoms with van der Waals surface area (Å²) in [6.45, 7) is 5.16. The van der Waals surface area contributed by atoms with E-state index < -0.39 is 4.92 Å². The standard InChI is InChI=1S/C18H19N3O4/c1-11(2)17(22)19-14-5-4-6-15(10-14)20-18(23)13-7-8-16(21(24)25)12(3)9-13/h4-11H,1-3H3,(H,19,22)(H,20,23). The van der Waals surface area contributed by atoms with E-state index in [-0.39, 0.29) is 23.4 Å². The van der Waals surface area contributed by atoms with Gasteiger partial charge in [0.15, 0.2) is 0 Å². The van der Waals surface area contributed by atoms with E-state index in [9.17, 15) is 19.7 Å². The summed E-state index contributed by atoms with van der Waals surface area (Å²) in [4.78, 5) is 34.4. The Hall–Kier alpha value is -3.22. The van der Waals surface area contributed by atoms with Gasteiger partial charge in [-0.3, -0.25) is 19.7 Å². The molecule has 130 valence electrons. The molecule has 0 aromatic heterocycles. The summed E-state index contributed by atoms with van der Waals surface area (Å²) in [5.74, 6) is -0.652. The van der Waals surface area contributed by atoms with Gasteiger partial charge < -0.3 is 10.6 Å². The first kappa shape index (κ1) is 18.1. The van der Waals surface area contributed by atoms with Crippen LogP contribution in [0.25, 0.3) is 0 Å². The maximum absolute atomic E-state index is 12.3. The molecule has 7 heteroatoms. The monoisotopic (exact) mass is 341 g/mol. The van der Waals surface area contributed by atoms with Gasteiger partial charge in [-0.2, -0.15) is 0 Å². The SMILES string of the molecule is Cc1cc(C(=O)Nc2cccc(NC(=O)C(C)C)c2)ccc1[N+](=O)[O-]. The van der Waals surface area contributed by atoms with Crippen molar-refractivity contribution < 1.29 is 14.5 Å². The van der Waals surface area contributed by atoms with Crippen molar-refractivity contribution in [3.8, 4) is 0 Å². The molecule has 0 aliphatic rings. The number of nitro groups is 1. The predicted molar refractivity (Wildman–Crippen MR) is 95.7 cm³/mol. The van der Waals surface area contributed by atoms with E-state index in [0.717, 1.165) is 0 Å². The second-order valence-electron chi connectivity index (χ2n) is 5.94. The highest BCUT2D eigenvalue weighted by Crippen LogP contribution is 2.21. The number of amides is 2. The minimum Gasteiger partial charge on any atom is -0.326 e. The van der Waals surface area contributed by atoms with Crippen LogP contribution >= 0.6 is 0 Å². The second-order valence-corrected chi connectivity index (χ2v) is 5.94. The summed E-state index contributed by atoms with van der Waals surface area (Å²) in [6.07, 6.45) is 0. The lowest BCUT2D eigenvalue weighted by atomic mass is 10.1. The summed E-state index contributed by atoms with van der Waals surface area (Å²) in [5.41, 5.74) is 1.80. The number of aryl methyl sites for hydroxylation is 1. The highest BCUT2D eigenvalue weighted by molar-refractivity contribution is 6.05. The van der Waals surface area contributed by atoms with Crippen LogP contribution in [0.5, 0.6) is 0 Å². The normalized spacial score (nSPS) is 10.4. The average Bonchev–Trinajstić information content (AvgIpc) is 2.54. The summed E-state index contributed by atoms with van der Waals surface area (Å²) >= 11 is 0. The smallest absolute Gasteiger partial charge is 0.272 e. The van der Waals surface area contributed by atoms with Crippen LogP contribution in [0.2, 0.25) is 0 Å². The minimum absolute atomic E-state index is 0.0325. The van der Waals surface area contributed by atoms with E-state index in [1.165, 1.54) is 18.2 Å². The molecule has 0 saturated heterocycles. The summed E-state index contributed by atoms with van der Waals surface area (Å²) in [7, 11) is 0. The first-order valence-corrected chi connectivity index (χ1v) is 7.75. The van der Waals surface area contributed by atoms with Gasteiger partial charge in [0.25, 0.3) is 11.6 Å². The largest absolute Gasteiger partial charge is 0.326 e. The molecular formula is C18H19N3O4. The molecule has 0 aliphatic heterocycles. The third-order valence-corrected chi connectivity index (χ3v) is 3.57. The number of hydrogen-bond acceptors (Lipinski definition) is 4. The van der Waals surface area contributed by atoms with Gasteiger partial charge in [0.05, 0.1) is 4.92 Å². The number of carbonyl (C=O) groups excluding carboxylic acids is 2. The van der Waals surface area contributed by atoms with Crippen LogP contribution in [0.4, 0.5) is 17.1 Å². The van der Waals surface area contributed by atoms with Gasteiger partial charge in [-0.05, 0) is 37.3 Å². The fraction of sp³-hybridized carbons (Fsp3) is 0.222. The van der Waals surface area contributed by atoms with Crippen molar-refractivity contribution in [3.05, 3.63) is 63.7 Å². The number of hydrogen-bond donors (Lipinski definition) is 2. The van der Waals surface area contributed by atoms with Gasteiger partial charge in [-0.15, -0.1) is 0 Å². The minimum atomic E-state index is -0.488. The van der Waals surface area contributed by atoms with E-state index in [0.29, 0.717) is 22.5 Å². The Balaban J connectivity index is 2.14. The lowest BCUT2D eigenvalue weighted by Gasteiger charge is -2.10. The lowest BCUT2D eigenvalue weighted by Crippen LogP contribution is -2.18. The first-order valence-electron chi connectivity index (χ1n) is 7.75. The van der Waals surface area contributed by atoms with Gasteiger partial charge in [0, 0.05) is 34.5 Å². The topological polar surface area (TPSA) is 101 Å². The zero-order valence-corrected chi connectivity index (χ0v) is 14.2. The van der Waals surface area contributed by atoms with Crippen molar-refractivity contribution in [1.29, 1.82) is 0 Å². The maximum atomic E-state index is 12.3. The number of anilines is 2. The molecule has 2 aromatic carbocycles. The van der Waals surface area contributed by atoms with Crippen molar-refractivity contribution in [2.45, 2.75) is 20.8 Å². The van der Waals surface area contributed by atoms with Crippen molar-refractivity contribution in [2.75, 3.05) is 10.6 Å². The molecule has 2 rings (SSSR count). The highest BCUT2D eigenvalue weighted by atomic mass is 16.6. The molecule has 0 fully saturated rings. The third-order valence-electron chi connectivity index (χ3n) is 3.57. The molecule has 0 saturated carbocycles. The first-order chi connectivity index (χ1) is 11.8. The van der Waals surface area contributed by atoms with E-state index in [1.807, 2.05) is 0 Å². The molecule has 0 spiro atoms. The Kier molecular flexibility index (Phi) is 5.49. The second kappa shape index (κ2) is 7.57. The molecule has 0 aliphatic carbocycles. The van der Waals surface area contributed by atoms with Gasteiger partial charge in [-0.1, -0.05) is 19.9 Å². The Labute approximate surface area is 145 Å². The molecule has 25 heavy (non-hydrogen) atoms. The molecule has 0 radical (unpaired) electrons. The van der Waals surface area contributed by atoms with Gasteiger partial charge in [-0.25, -0.2) is 0 Å². The van der Waals surface area contributed by atoms with E-state index in [2.05, 4.69) is 10.6 Å². The summed E-state index contributed by atoms with van der Waals surface area (Å²) in [5, 5.41) is 16.3. The van der Waals surface area contributed by atoms with Crippen LogP contribution < -0.4 is 10.6 Å². The predicted octanol–water partition coefficient (Wildman–Crippen LogP) is 3.75. The Morgan fingerprint density at radius 2 is 1.68 bits per heavy atom. The van der Waals surface area contributed by atoms with E-state index >= 15 is 0 Å². The number of nitrogens with one attached hydrogen (secondary N) is 2. The fourth-order valence-corrected chi connectivity index (χ4v) is 2.17. The Morgan fingerprint density at radius 3 is 2.24 bits per heavy atom. The average molecular weight is 341 g/mol. The fourth-order valence-electron chi connectivity index (χ4n) is 2.17. The van der Waals surface area contributed by atoms with Crippen molar-refractivity contribution >= 4 is 28.9 Å². The number of nitro benzene ring substituents is 1.